The van der Waals surface area contributed by atoms with Gasteiger partial charge in [0, 0.05) is 18.4 Å². The number of unbranched alkanes of at least 4 members (excludes halogenated alkanes) is 16. The van der Waals surface area contributed by atoms with Crippen molar-refractivity contribution in [1.82, 2.24) is 0 Å². The summed E-state index contributed by atoms with van der Waals surface area (Å²) < 4.78 is 11.2. The van der Waals surface area contributed by atoms with Gasteiger partial charge < -0.3 is 19.7 Å². The second-order valence-electron chi connectivity index (χ2n) is 13.5. The summed E-state index contributed by atoms with van der Waals surface area (Å²) >= 11 is 0. The molecule has 2 rings (SSSR count). The number of aliphatic hydroxyl groups is 2. The predicted molar refractivity (Wildman–Crippen MR) is 175 cm³/mol. The van der Waals surface area contributed by atoms with Crippen LogP contribution in [0.3, 0.4) is 0 Å². The number of carbonyl (C=O) groups excluding carboxylic acids is 2. The summed E-state index contributed by atoms with van der Waals surface area (Å²) in [5.41, 5.74) is 0.822. The minimum absolute atomic E-state index is 0.0794. The van der Waals surface area contributed by atoms with Gasteiger partial charge in [-0.25, -0.2) is 4.79 Å². The standard InChI is InChI=1S/C37H66O6/c1-3-4-5-6-7-8-9-10-14-20-25-33(39)35-27-28-36(43-35)34(40)26-21-16-15-19-24-32(38)23-18-13-11-12-17-22-31-29-30(2)42-37(31)41/h29-30,33-36,39-40H,3-28H2,1-2H3/t30-,33+,34-,35+,36-/m0/s1. The molecule has 0 bridgehead atoms. The van der Waals surface area contributed by atoms with E-state index in [1.807, 2.05) is 13.0 Å². The molecule has 2 aliphatic rings. The Morgan fingerprint density at radius 1 is 0.721 bits per heavy atom. The maximum atomic E-state index is 12.2. The molecule has 2 heterocycles. The third-order valence-corrected chi connectivity index (χ3v) is 9.40. The fraction of sp³-hybridized carbons (Fsp3) is 0.892. The van der Waals surface area contributed by atoms with Crippen LogP contribution in [0.5, 0.6) is 0 Å². The number of Topliss-reactive ketones (excluding diaryl/α,β-unsaturated/α-hetero) is 1. The summed E-state index contributed by atoms with van der Waals surface area (Å²) in [7, 11) is 0. The van der Waals surface area contributed by atoms with Gasteiger partial charge in [-0.3, -0.25) is 4.79 Å². The average Bonchev–Trinajstić information content (AvgIpc) is 3.61. The Morgan fingerprint density at radius 2 is 1.16 bits per heavy atom. The second kappa shape index (κ2) is 24.1. The minimum atomic E-state index is -0.455. The van der Waals surface area contributed by atoms with Gasteiger partial charge in [-0.05, 0) is 64.4 Å². The zero-order valence-electron chi connectivity index (χ0n) is 27.9. The van der Waals surface area contributed by atoms with Gasteiger partial charge in [0.05, 0.1) is 24.4 Å². The topological polar surface area (TPSA) is 93.1 Å². The molecule has 0 aromatic carbocycles. The number of cyclic esters (lactones) is 1. The van der Waals surface area contributed by atoms with E-state index in [4.69, 9.17) is 9.47 Å². The molecule has 1 saturated heterocycles. The molecule has 0 unspecified atom stereocenters. The Labute approximate surface area is 263 Å². The Kier molecular flexibility index (Phi) is 21.2. The first-order chi connectivity index (χ1) is 20.9. The third kappa shape index (κ3) is 17.7. The number of aliphatic hydroxyl groups excluding tert-OH is 2. The molecule has 6 heteroatoms. The van der Waals surface area contributed by atoms with Crippen molar-refractivity contribution >= 4 is 11.8 Å². The lowest BCUT2D eigenvalue weighted by Crippen LogP contribution is -2.31. The van der Waals surface area contributed by atoms with Gasteiger partial charge in [0.25, 0.3) is 0 Å². The van der Waals surface area contributed by atoms with E-state index in [1.54, 1.807) is 0 Å². The van der Waals surface area contributed by atoms with Crippen molar-refractivity contribution in [3.63, 3.8) is 0 Å². The molecule has 0 saturated carbocycles. The van der Waals surface area contributed by atoms with Crippen LogP contribution in [0.1, 0.15) is 181 Å². The maximum absolute atomic E-state index is 12.2. The van der Waals surface area contributed by atoms with Crippen LogP contribution in [-0.2, 0) is 19.1 Å². The number of carbonyl (C=O) groups is 2. The van der Waals surface area contributed by atoms with Crippen LogP contribution in [0.4, 0.5) is 0 Å². The first-order valence-electron chi connectivity index (χ1n) is 18.4. The van der Waals surface area contributed by atoms with Gasteiger partial charge in [0.15, 0.2) is 0 Å². The van der Waals surface area contributed by atoms with Crippen LogP contribution in [0.15, 0.2) is 11.6 Å². The van der Waals surface area contributed by atoms with E-state index in [1.165, 1.54) is 57.8 Å². The summed E-state index contributed by atoms with van der Waals surface area (Å²) in [5, 5.41) is 21.2. The summed E-state index contributed by atoms with van der Waals surface area (Å²) in [4.78, 5) is 23.8. The normalized spacial score (nSPS) is 21.6. The molecule has 0 radical (unpaired) electrons. The lowest BCUT2D eigenvalue weighted by Gasteiger charge is -2.22. The zero-order chi connectivity index (χ0) is 31.1. The smallest absolute Gasteiger partial charge is 0.334 e. The lowest BCUT2D eigenvalue weighted by molar-refractivity contribution is -0.139. The van der Waals surface area contributed by atoms with Gasteiger partial charge in [-0.15, -0.1) is 0 Å². The molecule has 1 fully saturated rings. The van der Waals surface area contributed by atoms with Gasteiger partial charge in [-0.1, -0.05) is 110 Å². The van der Waals surface area contributed by atoms with Crippen LogP contribution in [0, 0.1) is 0 Å². The van der Waals surface area contributed by atoms with Crippen LogP contribution in [-0.4, -0.2) is 52.5 Å². The first-order valence-corrected chi connectivity index (χ1v) is 18.4. The maximum Gasteiger partial charge on any atom is 0.334 e. The average molecular weight is 607 g/mol. The molecule has 5 atom stereocenters. The summed E-state index contributed by atoms with van der Waals surface area (Å²) in [6, 6.07) is 0. The van der Waals surface area contributed by atoms with Crippen molar-refractivity contribution in [2.45, 2.75) is 211 Å². The van der Waals surface area contributed by atoms with Gasteiger partial charge in [-0.2, -0.15) is 0 Å². The minimum Gasteiger partial charge on any atom is -0.455 e. The number of esters is 1. The van der Waals surface area contributed by atoms with Crippen molar-refractivity contribution in [3.8, 4) is 0 Å². The number of hydrogen-bond acceptors (Lipinski definition) is 6. The van der Waals surface area contributed by atoms with Crippen LogP contribution >= 0.6 is 0 Å². The van der Waals surface area contributed by atoms with E-state index in [0.29, 0.717) is 18.6 Å². The summed E-state index contributed by atoms with van der Waals surface area (Å²) in [6.07, 6.45) is 28.3. The molecule has 6 nitrogen and oxygen atoms in total. The molecule has 2 aliphatic heterocycles. The Balaban J connectivity index is 1.36. The molecule has 0 aliphatic carbocycles. The Bertz CT molecular complexity index is 764. The number of ketones is 1. The quantitative estimate of drug-likeness (QED) is 0.0682. The van der Waals surface area contributed by atoms with Gasteiger partial charge in [0.2, 0.25) is 0 Å². The highest BCUT2D eigenvalue weighted by molar-refractivity contribution is 5.90. The fourth-order valence-corrected chi connectivity index (χ4v) is 6.61. The van der Waals surface area contributed by atoms with Gasteiger partial charge >= 0.3 is 5.97 Å². The van der Waals surface area contributed by atoms with Crippen LogP contribution < -0.4 is 0 Å². The number of ether oxygens (including phenoxy) is 2. The van der Waals surface area contributed by atoms with Gasteiger partial charge in [0.1, 0.15) is 11.9 Å². The van der Waals surface area contributed by atoms with Crippen LogP contribution in [0.2, 0.25) is 0 Å². The van der Waals surface area contributed by atoms with Crippen LogP contribution in [0.25, 0.3) is 0 Å². The van der Waals surface area contributed by atoms with Crippen molar-refractivity contribution in [3.05, 3.63) is 11.6 Å². The van der Waals surface area contributed by atoms with E-state index in [2.05, 4.69) is 6.92 Å². The van der Waals surface area contributed by atoms with Crippen molar-refractivity contribution < 1.29 is 29.3 Å². The predicted octanol–water partition coefficient (Wildman–Crippen LogP) is 9.08. The van der Waals surface area contributed by atoms with E-state index < -0.39 is 12.2 Å². The SMILES string of the molecule is CCCCCCCCCCCC[C@@H](O)[C@H]1CC[C@@H]([C@@H](O)CCCCCCC(=O)CCCCCCCC2=C[C@H](C)OC2=O)O1. The molecular formula is C37H66O6. The highest BCUT2D eigenvalue weighted by Crippen LogP contribution is 2.28. The second-order valence-corrected chi connectivity index (χ2v) is 13.5. The Hall–Kier alpha value is -1.24. The Morgan fingerprint density at radius 3 is 1.63 bits per heavy atom. The summed E-state index contributed by atoms with van der Waals surface area (Å²) in [5.74, 6) is 0.214. The lowest BCUT2D eigenvalue weighted by atomic mass is 9.99. The molecular weight excluding hydrogens is 540 g/mol. The molecule has 0 spiro atoms. The third-order valence-electron chi connectivity index (χ3n) is 9.40. The molecule has 2 N–H and O–H groups in total. The summed E-state index contributed by atoms with van der Waals surface area (Å²) in [6.45, 7) is 4.15. The first kappa shape index (κ1) is 37.9. The van der Waals surface area contributed by atoms with E-state index in [9.17, 15) is 19.8 Å². The largest absolute Gasteiger partial charge is 0.455 e. The number of hydrogen-bond donors (Lipinski definition) is 2. The fourth-order valence-electron chi connectivity index (χ4n) is 6.61. The highest BCUT2D eigenvalue weighted by atomic mass is 16.5. The zero-order valence-corrected chi connectivity index (χ0v) is 27.9. The molecule has 0 aromatic rings. The van der Waals surface area contributed by atoms with E-state index in [0.717, 1.165) is 102 Å². The van der Waals surface area contributed by atoms with Crippen molar-refractivity contribution in [2.24, 2.45) is 0 Å². The van der Waals surface area contributed by atoms with E-state index in [-0.39, 0.29) is 24.3 Å². The monoisotopic (exact) mass is 606 g/mol. The van der Waals surface area contributed by atoms with Crippen molar-refractivity contribution in [2.75, 3.05) is 0 Å². The number of rotatable bonds is 28. The molecule has 0 amide bonds. The molecule has 0 aromatic heterocycles. The molecule has 43 heavy (non-hydrogen) atoms. The molecule has 250 valence electrons. The highest BCUT2D eigenvalue weighted by Gasteiger charge is 2.34. The van der Waals surface area contributed by atoms with Crippen molar-refractivity contribution in [1.29, 1.82) is 0 Å². The van der Waals surface area contributed by atoms with E-state index >= 15 is 0 Å².